The second-order valence-corrected chi connectivity index (χ2v) is 7.59. The van der Waals surface area contributed by atoms with Crippen molar-refractivity contribution in [2.75, 3.05) is 30.8 Å². The number of halogens is 2. The van der Waals surface area contributed by atoms with E-state index < -0.39 is 35.4 Å². The Kier molecular flexibility index (Phi) is 6.82. The summed E-state index contributed by atoms with van der Waals surface area (Å²) in [6.07, 6.45) is 0. The lowest BCUT2D eigenvalue weighted by atomic mass is 10.2. The molecule has 2 amide bonds. The quantitative estimate of drug-likeness (QED) is 0.753. The molecule has 0 aromatic heterocycles. The molecule has 0 bridgehead atoms. The van der Waals surface area contributed by atoms with E-state index in [9.17, 15) is 23.2 Å². The van der Waals surface area contributed by atoms with Gasteiger partial charge < -0.3 is 15.0 Å². The highest BCUT2D eigenvalue weighted by Gasteiger charge is 2.31. The Balaban J connectivity index is 1.50. The van der Waals surface area contributed by atoms with Crippen LogP contribution in [-0.4, -0.2) is 53.4 Å². The van der Waals surface area contributed by atoms with E-state index >= 15 is 0 Å². The Morgan fingerprint density at radius 2 is 1.66 bits per heavy atom. The monoisotopic (exact) mass is 420 g/mol. The summed E-state index contributed by atoms with van der Waals surface area (Å²) in [5.74, 6) is -1.77. The number of hydrogen-bond donors (Lipinski definition) is 1. The molecule has 1 N–H and O–H groups in total. The first-order chi connectivity index (χ1) is 13.9. The second-order valence-electron chi connectivity index (χ2n) is 6.28. The van der Waals surface area contributed by atoms with Crippen LogP contribution >= 0.6 is 11.8 Å². The molecule has 1 saturated heterocycles. The topological polar surface area (TPSA) is 75.7 Å². The molecular weight excluding hydrogens is 402 g/mol. The maximum atomic E-state index is 13.0. The smallest absolute Gasteiger partial charge is 0.321 e. The summed E-state index contributed by atoms with van der Waals surface area (Å²) in [5.41, 5.74) is 0.722. The zero-order valence-electron chi connectivity index (χ0n) is 15.3. The number of anilines is 1. The van der Waals surface area contributed by atoms with Crippen LogP contribution in [0.25, 0.3) is 0 Å². The normalized spacial score (nSPS) is 16.2. The third-order valence-electron chi connectivity index (χ3n) is 4.18. The summed E-state index contributed by atoms with van der Waals surface area (Å²) in [4.78, 5) is 38.2. The zero-order chi connectivity index (χ0) is 20.8. The fourth-order valence-corrected chi connectivity index (χ4v) is 3.81. The Bertz CT molecular complexity index is 890. The number of esters is 1. The first-order valence-electron chi connectivity index (χ1n) is 8.81. The molecule has 9 heteroatoms. The number of carbonyl (C=O) groups is 3. The van der Waals surface area contributed by atoms with E-state index in [4.69, 9.17) is 4.74 Å². The van der Waals surface area contributed by atoms with E-state index in [1.807, 2.05) is 0 Å². The number of hydrogen-bond acceptors (Lipinski definition) is 5. The standard InChI is InChI=1S/C20H18F2N2O4S/c21-14-3-1-13(2-4-14)19(26)24-9-10-29-17(11-24)20(27)28-12-18(25)23-16-7-5-15(22)6-8-16/h1-8,17H,9-12H2,(H,23,25)/t17-/m1/s1. The molecule has 1 aliphatic rings. The van der Waals surface area contributed by atoms with E-state index in [0.717, 1.165) is 0 Å². The van der Waals surface area contributed by atoms with Crippen LogP contribution in [0.5, 0.6) is 0 Å². The van der Waals surface area contributed by atoms with Crippen LogP contribution in [0.4, 0.5) is 14.5 Å². The molecule has 6 nitrogen and oxygen atoms in total. The lowest BCUT2D eigenvalue weighted by Gasteiger charge is -2.31. The minimum Gasteiger partial charge on any atom is -0.455 e. The van der Waals surface area contributed by atoms with Gasteiger partial charge >= 0.3 is 5.97 Å². The maximum absolute atomic E-state index is 13.0. The molecule has 1 fully saturated rings. The van der Waals surface area contributed by atoms with Gasteiger partial charge in [-0.05, 0) is 48.5 Å². The number of benzene rings is 2. The summed E-state index contributed by atoms with van der Waals surface area (Å²) in [5, 5.41) is 1.88. The van der Waals surface area contributed by atoms with Crippen molar-refractivity contribution in [3.05, 3.63) is 65.7 Å². The van der Waals surface area contributed by atoms with Crippen LogP contribution in [-0.2, 0) is 14.3 Å². The molecule has 0 spiro atoms. The van der Waals surface area contributed by atoms with Crippen molar-refractivity contribution in [3.8, 4) is 0 Å². The Labute approximate surface area is 170 Å². The van der Waals surface area contributed by atoms with Crippen LogP contribution < -0.4 is 5.32 Å². The summed E-state index contributed by atoms with van der Waals surface area (Å²) >= 11 is 1.35. The largest absolute Gasteiger partial charge is 0.455 e. The van der Waals surface area contributed by atoms with Crippen molar-refractivity contribution in [1.29, 1.82) is 0 Å². The van der Waals surface area contributed by atoms with Gasteiger partial charge in [0.2, 0.25) is 0 Å². The molecule has 1 atom stereocenters. The molecule has 2 aromatic rings. The average Bonchev–Trinajstić information content (AvgIpc) is 2.74. The summed E-state index contributed by atoms with van der Waals surface area (Å²) in [6, 6.07) is 10.4. The molecule has 0 radical (unpaired) electrons. The average molecular weight is 420 g/mol. The van der Waals surface area contributed by atoms with Gasteiger partial charge in [0, 0.05) is 30.1 Å². The molecule has 29 heavy (non-hydrogen) atoms. The molecule has 1 heterocycles. The van der Waals surface area contributed by atoms with Crippen LogP contribution in [0, 0.1) is 11.6 Å². The van der Waals surface area contributed by atoms with Crippen molar-refractivity contribution in [2.24, 2.45) is 0 Å². The van der Waals surface area contributed by atoms with Crippen LogP contribution in [0.15, 0.2) is 48.5 Å². The zero-order valence-corrected chi connectivity index (χ0v) is 16.1. The number of thioether (sulfide) groups is 1. The highest BCUT2D eigenvalue weighted by Crippen LogP contribution is 2.21. The number of ether oxygens (including phenoxy) is 1. The Hall–Kier alpha value is -2.94. The van der Waals surface area contributed by atoms with Crippen LogP contribution in [0.3, 0.4) is 0 Å². The lowest BCUT2D eigenvalue weighted by molar-refractivity contribution is -0.146. The maximum Gasteiger partial charge on any atom is 0.321 e. The van der Waals surface area contributed by atoms with Crippen LogP contribution in [0.2, 0.25) is 0 Å². The highest BCUT2D eigenvalue weighted by atomic mass is 32.2. The first kappa shape index (κ1) is 20.8. The predicted octanol–water partition coefficient (Wildman–Crippen LogP) is 2.70. The van der Waals surface area contributed by atoms with E-state index in [2.05, 4.69) is 5.32 Å². The van der Waals surface area contributed by atoms with E-state index in [1.165, 1.54) is 65.2 Å². The fraction of sp³-hybridized carbons (Fsp3) is 0.250. The lowest BCUT2D eigenvalue weighted by Crippen LogP contribution is -2.45. The highest BCUT2D eigenvalue weighted by molar-refractivity contribution is 8.00. The SMILES string of the molecule is O=C(COC(=O)[C@H]1CN(C(=O)c2ccc(F)cc2)CCS1)Nc1ccc(F)cc1. The summed E-state index contributed by atoms with van der Waals surface area (Å²) in [6.45, 7) is 0.105. The minimum atomic E-state index is -0.619. The second kappa shape index (κ2) is 9.51. The summed E-state index contributed by atoms with van der Waals surface area (Å²) in [7, 11) is 0. The van der Waals surface area contributed by atoms with Crippen molar-refractivity contribution in [1.82, 2.24) is 4.90 Å². The molecule has 0 unspecified atom stereocenters. The third kappa shape index (κ3) is 5.77. The number of nitrogens with zero attached hydrogens (tertiary/aromatic N) is 1. The number of amides is 2. The van der Waals surface area contributed by atoms with Gasteiger partial charge in [0.05, 0.1) is 0 Å². The number of nitrogens with one attached hydrogen (secondary N) is 1. The number of rotatable bonds is 5. The fourth-order valence-electron chi connectivity index (χ4n) is 2.71. The van der Waals surface area contributed by atoms with Gasteiger partial charge in [-0.25, -0.2) is 8.78 Å². The summed E-state index contributed by atoms with van der Waals surface area (Å²) < 4.78 is 31.0. The Morgan fingerprint density at radius 1 is 1.03 bits per heavy atom. The molecule has 1 aliphatic heterocycles. The van der Waals surface area contributed by atoms with Crippen molar-refractivity contribution in [2.45, 2.75) is 5.25 Å². The van der Waals surface area contributed by atoms with Gasteiger partial charge in [0.1, 0.15) is 16.9 Å². The molecule has 2 aromatic carbocycles. The van der Waals surface area contributed by atoms with E-state index in [-0.39, 0.29) is 12.5 Å². The molecule has 3 rings (SSSR count). The van der Waals surface area contributed by atoms with Gasteiger partial charge in [-0.3, -0.25) is 14.4 Å². The molecule has 0 saturated carbocycles. The van der Waals surface area contributed by atoms with Crippen molar-refractivity contribution >= 4 is 35.2 Å². The van der Waals surface area contributed by atoms with E-state index in [1.54, 1.807) is 0 Å². The predicted molar refractivity (Wildman–Crippen MR) is 105 cm³/mol. The van der Waals surface area contributed by atoms with Crippen molar-refractivity contribution < 1.29 is 27.9 Å². The first-order valence-corrected chi connectivity index (χ1v) is 9.86. The molecular formula is C20H18F2N2O4S. The molecule has 152 valence electrons. The van der Waals surface area contributed by atoms with Gasteiger partial charge in [0.25, 0.3) is 11.8 Å². The van der Waals surface area contributed by atoms with E-state index in [0.29, 0.717) is 23.5 Å². The minimum absolute atomic E-state index is 0.138. The molecule has 0 aliphatic carbocycles. The van der Waals surface area contributed by atoms with Gasteiger partial charge in [-0.1, -0.05) is 0 Å². The Morgan fingerprint density at radius 3 is 2.31 bits per heavy atom. The van der Waals surface area contributed by atoms with Gasteiger partial charge in [0.15, 0.2) is 6.61 Å². The third-order valence-corrected chi connectivity index (χ3v) is 5.34. The van der Waals surface area contributed by atoms with Crippen molar-refractivity contribution in [3.63, 3.8) is 0 Å². The number of carbonyl (C=O) groups excluding carboxylic acids is 3. The van der Waals surface area contributed by atoms with Gasteiger partial charge in [-0.15, -0.1) is 11.8 Å². The van der Waals surface area contributed by atoms with Crippen LogP contribution in [0.1, 0.15) is 10.4 Å². The van der Waals surface area contributed by atoms with Gasteiger partial charge in [-0.2, -0.15) is 0 Å².